The molecule has 0 aromatic heterocycles. The maximum absolute atomic E-state index is 10.9. The summed E-state index contributed by atoms with van der Waals surface area (Å²) in [7, 11) is 0. The molecule has 1 fully saturated rings. The molecular formula is C27H30O3. The van der Waals surface area contributed by atoms with Crippen LogP contribution >= 0.6 is 0 Å². The first-order chi connectivity index (χ1) is 14.1. The maximum atomic E-state index is 10.9. The Labute approximate surface area is 179 Å². The second kappa shape index (κ2) is 7.16. The predicted molar refractivity (Wildman–Crippen MR) is 121 cm³/mol. The third kappa shape index (κ3) is 3.58. The highest BCUT2D eigenvalue weighted by molar-refractivity contribution is 5.81. The largest absolute Gasteiger partial charge is 0.492 e. The van der Waals surface area contributed by atoms with E-state index >= 15 is 0 Å². The second-order valence-corrected chi connectivity index (χ2v) is 9.70. The highest BCUT2D eigenvalue weighted by Gasteiger charge is 2.50. The molecule has 0 unspecified atom stereocenters. The van der Waals surface area contributed by atoms with E-state index in [1.165, 1.54) is 33.9 Å². The van der Waals surface area contributed by atoms with Gasteiger partial charge in [-0.15, -0.1) is 0 Å². The van der Waals surface area contributed by atoms with E-state index in [9.17, 15) is 4.79 Å². The Hall–Kier alpha value is -2.81. The molecular weight excluding hydrogens is 372 g/mol. The SMILES string of the molecule is CC(C=C[C@@H]1C[C@]1(C)c1cc(-c2ccccc2C)c2c(c1)C(C)(C)CO2)=CC(=O)O. The van der Waals surface area contributed by atoms with Crippen molar-refractivity contribution in [3.8, 4) is 16.9 Å². The molecule has 3 heteroatoms. The first-order valence-electron chi connectivity index (χ1n) is 10.6. The van der Waals surface area contributed by atoms with Gasteiger partial charge in [-0.2, -0.15) is 0 Å². The number of carboxylic acids is 1. The molecule has 1 saturated carbocycles. The van der Waals surface area contributed by atoms with E-state index in [1.54, 1.807) is 0 Å². The lowest BCUT2D eigenvalue weighted by Crippen LogP contribution is -2.18. The van der Waals surface area contributed by atoms with Crippen molar-refractivity contribution in [3.63, 3.8) is 0 Å². The number of benzene rings is 2. The number of hydrogen-bond donors (Lipinski definition) is 1. The van der Waals surface area contributed by atoms with E-state index in [4.69, 9.17) is 9.84 Å². The van der Waals surface area contributed by atoms with E-state index < -0.39 is 5.97 Å². The molecule has 0 saturated heterocycles. The van der Waals surface area contributed by atoms with Crippen LogP contribution in [0.25, 0.3) is 11.1 Å². The molecule has 156 valence electrons. The number of rotatable bonds is 5. The van der Waals surface area contributed by atoms with E-state index in [0.29, 0.717) is 12.5 Å². The lowest BCUT2D eigenvalue weighted by molar-refractivity contribution is -0.131. The fraction of sp³-hybridized carbons (Fsp3) is 0.370. The number of hydrogen-bond acceptors (Lipinski definition) is 2. The molecule has 0 bridgehead atoms. The zero-order chi connectivity index (χ0) is 21.7. The smallest absolute Gasteiger partial charge is 0.328 e. The summed E-state index contributed by atoms with van der Waals surface area (Å²) in [5.74, 6) is 0.525. The Bertz CT molecular complexity index is 1070. The van der Waals surface area contributed by atoms with Gasteiger partial charge in [-0.1, -0.05) is 63.3 Å². The van der Waals surface area contributed by atoms with Gasteiger partial charge in [-0.3, -0.25) is 0 Å². The van der Waals surface area contributed by atoms with Crippen LogP contribution in [0.3, 0.4) is 0 Å². The van der Waals surface area contributed by atoms with Gasteiger partial charge in [0.15, 0.2) is 0 Å². The van der Waals surface area contributed by atoms with Gasteiger partial charge in [0, 0.05) is 22.6 Å². The Kier molecular flexibility index (Phi) is 4.88. The number of carbonyl (C=O) groups is 1. The minimum atomic E-state index is -0.903. The van der Waals surface area contributed by atoms with Crippen molar-refractivity contribution >= 4 is 5.97 Å². The Morgan fingerprint density at radius 2 is 1.90 bits per heavy atom. The predicted octanol–water partition coefficient (Wildman–Crippen LogP) is 6.20. The average molecular weight is 403 g/mol. The van der Waals surface area contributed by atoms with Gasteiger partial charge in [0.25, 0.3) is 0 Å². The average Bonchev–Trinajstić information content (AvgIpc) is 3.25. The van der Waals surface area contributed by atoms with Gasteiger partial charge >= 0.3 is 5.97 Å². The van der Waals surface area contributed by atoms with Gasteiger partial charge in [0.1, 0.15) is 5.75 Å². The van der Waals surface area contributed by atoms with Crippen LogP contribution in [-0.2, 0) is 15.6 Å². The number of allylic oxidation sites excluding steroid dienone is 3. The Balaban J connectivity index is 1.76. The van der Waals surface area contributed by atoms with Crippen molar-refractivity contribution < 1.29 is 14.6 Å². The first-order valence-corrected chi connectivity index (χ1v) is 10.6. The maximum Gasteiger partial charge on any atom is 0.328 e. The van der Waals surface area contributed by atoms with Crippen LogP contribution < -0.4 is 4.74 Å². The van der Waals surface area contributed by atoms with Crippen molar-refractivity contribution in [2.45, 2.75) is 51.9 Å². The Morgan fingerprint density at radius 3 is 2.60 bits per heavy atom. The molecule has 1 aliphatic carbocycles. The van der Waals surface area contributed by atoms with Crippen LogP contribution in [0.4, 0.5) is 0 Å². The molecule has 4 rings (SSSR count). The van der Waals surface area contributed by atoms with Crippen LogP contribution in [0.15, 0.2) is 60.2 Å². The topological polar surface area (TPSA) is 46.5 Å². The summed E-state index contributed by atoms with van der Waals surface area (Å²) in [4.78, 5) is 10.9. The number of ether oxygens (including phenoxy) is 1. The summed E-state index contributed by atoms with van der Waals surface area (Å²) in [5.41, 5.74) is 7.10. The highest BCUT2D eigenvalue weighted by Crippen LogP contribution is 2.57. The van der Waals surface area contributed by atoms with Crippen molar-refractivity contribution in [2.75, 3.05) is 6.61 Å². The number of aryl methyl sites for hydroxylation is 1. The first kappa shape index (κ1) is 20.5. The lowest BCUT2D eigenvalue weighted by atomic mass is 9.81. The molecule has 1 heterocycles. The molecule has 0 radical (unpaired) electrons. The van der Waals surface area contributed by atoms with Gasteiger partial charge in [-0.25, -0.2) is 4.79 Å². The van der Waals surface area contributed by atoms with Crippen molar-refractivity contribution in [1.82, 2.24) is 0 Å². The third-order valence-electron chi connectivity index (χ3n) is 6.73. The zero-order valence-corrected chi connectivity index (χ0v) is 18.5. The minimum absolute atomic E-state index is 0.0137. The molecule has 30 heavy (non-hydrogen) atoms. The third-order valence-corrected chi connectivity index (χ3v) is 6.73. The molecule has 2 aromatic rings. The molecule has 3 nitrogen and oxygen atoms in total. The molecule has 0 spiro atoms. The molecule has 0 amide bonds. The van der Waals surface area contributed by atoms with Gasteiger partial charge in [0.05, 0.1) is 6.61 Å². The highest BCUT2D eigenvalue weighted by atomic mass is 16.5. The van der Waals surface area contributed by atoms with Crippen LogP contribution in [0, 0.1) is 12.8 Å². The van der Waals surface area contributed by atoms with Gasteiger partial charge < -0.3 is 9.84 Å². The molecule has 2 aliphatic rings. The van der Waals surface area contributed by atoms with Crippen molar-refractivity contribution in [1.29, 1.82) is 0 Å². The fourth-order valence-corrected chi connectivity index (χ4v) is 4.54. The van der Waals surface area contributed by atoms with E-state index in [0.717, 1.165) is 17.7 Å². The lowest BCUT2D eigenvalue weighted by Gasteiger charge is -2.21. The molecule has 1 N–H and O–H groups in total. The number of fused-ring (bicyclic) bond motifs is 1. The van der Waals surface area contributed by atoms with Crippen LogP contribution in [0.5, 0.6) is 5.75 Å². The van der Waals surface area contributed by atoms with Crippen LogP contribution in [0.1, 0.15) is 50.8 Å². The van der Waals surface area contributed by atoms with E-state index in [-0.39, 0.29) is 10.8 Å². The fourth-order valence-electron chi connectivity index (χ4n) is 4.54. The summed E-state index contributed by atoms with van der Waals surface area (Å²) in [5, 5.41) is 8.92. The summed E-state index contributed by atoms with van der Waals surface area (Å²) < 4.78 is 6.21. The summed E-state index contributed by atoms with van der Waals surface area (Å²) in [6.45, 7) is 11.5. The molecule has 2 aromatic carbocycles. The van der Waals surface area contributed by atoms with Crippen LogP contribution in [0.2, 0.25) is 0 Å². The quantitative estimate of drug-likeness (QED) is 0.479. The van der Waals surface area contributed by atoms with Crippen molar-refractivity contribution in [2.24, 2.45) is 5.92 Å². The normalized spacial score (nSPS) is 24.6. The standard InChI is InChI=1S/C27H30O3/c1-17(12-24(28)29)10-11-19-15-27(19,5)20-13-22(21-9-7-6-8-18(21)2)25-23(14-20)26(3,4)16-30-25/h6-14,19H,15-16H2,1-5H3,(H,28,29)/t19-,27+/m1/s1. The van der Waals surface area contributed by atoms with E-state index in [1.807, 2.05) is 13.0 Å². The monoisotopic (exact) mass is 402 g/mol. The summed E-state index contributed by atoms with van der Waals surface area (Å²) >= 11 is 0. The van der Waals surface area contributed by atoms with E-state index in [2.05, 4.69) is 70.2 Å². The molecule has 2 atom stereocenters. The number of carboxylic acid groups (broad SMARTS) is 1. The zero-order valence-electron chi connectivity index (χ0n) is 18.5. The van der Waals surface area contributed by atoms with Gasteiger partial charge in [0.2, 0.25) is 0 Å². The Morgan fingerprint density at radius 1 is 1.17 bits per heavy atom. The second-order valence-electron chi connectivity index (χ2n) is 9.70. The van der Waals surface area contributed by atoms with Gasteiger partial charge in [-0.05, 0) is 59.9 Å². The summed E-state index contributed by atoms with van der Waals surface area (Å²) in [6.07, 6.45) is 6.42. The molecule has 1 aliphatic heterocycles. The summed E-state index contributed by atoms with van der Waals surface area (Å²) in [6, 6.07) is 13.1. The minimum Gasteiger partial charge on any atom is -0.492 e. The van der Waals surface area contributed by atoms with Crippen molar-refractivity contribution in [3.05, 3.63) is 76.9 Å². The number of aliphatic carboxylic acids is 1. The van der Waals surface area contributed by atoms with Crippen LogP contribution in [-0.4, -0.2) is 17.7 Å².